The number of halogens is 2. The van der Waals surface area contributed by atoms with Crippen molar-refractivity contribution in [2.24, 2.45) is 0 Å². The molecule has 0 unspecified atom stereocenters. The molecule has 0 aliphatic carbocycles. The second kappa shape index (κ2) is 7.48. The molecule has 1 aromatic carbocycles. The van der Waals surface area contributed by atoms with E-state index >= 15 is 0 Å². The average Bonchev–Trinajstić information content (AvgIpc) is 3.37. The number of terminal acetylenes is 1. The summed E-state index contributed by atoms with van der Waals surface area (Å²) in [6, 6.07) is 3.69. The molecule has 9 nitrogen and oxygen atoms in total. The van der Waals surface area contributed by atoms with Gasteiger partial charge in [0.1, 0.15) is 11.6 Å². The standard InChI is InChI=1S/C20H19F2N9/c1-2-17-25-19-14-12-24-30(18(14)26-20(23)31(19)27-17)10-7-28-5-8-29(9-6-28)16-4-3-13(21)11-15(16)22/h1,3-4,11-12H,5-10H2,(H2,23,26). The lowest BCUT2D eigenvalue weighted by Crippen LogP contribution is -2.47. The van der Waals surface area contributed by atoms with Gasteiger partial charge in [-0.2, -0.15) is 19.6 Å². The highest BCUT2D eigenvalue weighted by Gasteiger charge is 2.21. The van der Waals surface area contributed by atoms with Gasteiger partial charge in [-0.25, -0.2) is 13.5 Å². The Labute approximate surface area is 176 Å². The van der Waals surface area contributed by atoms with Crippen molar-refractivity contribution in [3.05, 3.63) is 41.9 Å². The Kier molecular flexibility index (Phi) is 4.63. The fourth-order valence-electron chi connectivity index (χ4n) is 3.87. The lowest BCUT2D eigenvalue weighted by Gasteiger charge is -2.36. The quantitative estimate of drug-likeness (QED) is 0.492. The Morgan fingerprint density at radius 1 is 1.06 bits per heavy atom. The van der Waals surface area contributed by atoms with Gasteiger partial charge in [0.25, 0.3) is 0 Å². The molecular weight excluding hydrogens is 404 g/mol. The second-order valence-electron chi connectivity index (χ2n) is 7.31. The molecule has 0 amide bonds. The van der Waals surface area contributed by atoms with E-state index in [0.29, 0.717) is 36.6 Å². The van der Waals surface area contributed by atoms with Crippen molar-refractivity contribution in [2.45, 2.75) is 6.54 Å². The number of rotatable bonds is 4. The summed E-state index contributed by atoms with van der Waals surface area (Å²) in [7, 11) is 0. The molecular formula is C20H19F2N9. The third kappa shape index (κ3) is 3.40. The Morgan fingerprint density at radius 3 is 2.61 bits per heavy atom. The van der Waals surface area contributed by atoms with Gasteiger partial charge in [0.2, 0.25) is 11.8 Å². The van der Waals surface area contributed by atoms with E-state index in [1.54, 1.807) is 10.9 Å². The van der Waals surface area contributed by atoms with Crippen molar-refractivity contribution in [1.29, 1.82) is 0 Å². The number of anilines is 2. The number of nitrogens with two attached hydrogens (primary N) is 1. The average molecular weight is 423 g/mol. The van der Waals surface area contributed by atoms with Gasteiger partial charge in [-0.05, 0) is 18.1 Å². The molecule has 0 radical (unpaired) electrons. The van der Waals surface area contributed by atoms with Crippen LogP contribution in [0.1, 0.15) is 5.82 Å². The number of piperazine rings is 1. The summed E-state index contributed by atoms with van der Waals surface area (Å²) in [6.45, 7) is 4.17. The number of fused-ring (bicyclic) bond motifs is 3. The molecule has 1 saturated heterocycles. The van der Waals surface area contributed by atoms with Crippen LogP contribution >= 0.6 is 0 Å². The largest absolute Gasteiger partial charge is 0.368 e. The highest BCUT2D eigenvalue weighted by atomic mass is 19.1. The first-order valence-electron chi connectivity index (χ1n) is 9.80. The number of hydrogen-bond acceptors (Lipinski definition) is 7. The minimum atomic E-state index is -0.570. The molecule has 0 saturated carbocycles. The van der Waals surface area contributed by atoms with Crippen LogP contribution in [0.4, 0.5) is 20.4 Å². The van der Waals surface area contributed by atoms with Crippen molar-refractivity contribution >= 4 is 28.3 Å². The Hall–Kier alpha value is -3.78. The molecule has 3 aromatic heterocycles. The normalized spacial score (nSPS) is 15.1. The fraction of sp³-hybridized carbons (Fsp3) is 0.300. The van der Waals surface area contributed by atoms with E-state index in [4.69, 9.17) is 12.2 Å². The monoisotopic (exact) mass is 423 g/mol. The number of benzene rings is 1. The van der Waals surface area contributed by atoms with Crippen LogP contribution in [0.25, 0.3) is 16.7 Å². The summed E-state index contributed by atoms with van der Waals surface area (Å²) in [5.74, 6) is 1.72. The first kappa shape index (κ1) is 19.2. The van der Waals surface area contributed by atoms with Crippen molar-refractivity contribution in [3.8, 4) is 12.3 Å². The second-order valence-corrected chi connectivity index (χ2v) is 7.31. The van der Waals surface area contributed by atoms with Crippen LogP contribution in [0.15, 0.2) is 24.4 Å². The molecule has 1 aliphatic rings. The zero-order valence-electron chi connectivity index (χ0n) is 16.5. The van der Waals surface area contributed by atoms with E-state index in [2.05, 4.69) is 31.0 Å². The van der Waals surface area contributed by atoms with Gasteiger partial charge in [0.15, 0.2) is 11.3 Å². The van der Waals surface area contributed by atoms with Gasteiger partial charge >= 0.3 is 0 Å². The van der Waals surface area contributed by atoms with E-state index in [0.717, 1.165) is 31.1 Å². The molecule has 5 rings (SSSR count). The van der Waals surface area contributed by atoms with Crippen LogP contribution < -0.4 is 10.6 Å². The van der Waals surface area contributed by atoms with E-state index < -0.39 is 11.6 Å². The summed E-state index contributed by atoms with van der Waals surface area (Å²) in [5, 5.41) is 9.29. The van der Waals surface area contributed by atoms with Crippen molar-refractivity contribution < 1.29 is 8.78 Å². The highest BCUT2D eigenvalue weighted by molar-refractivity contribution is 5.89. The van der Waals surface area contributed by atoms with E-state index in [-0.39, 0.29) is 11.8 Å². The molecule has 4 heterocycles. The summed E-state index contributed by atoms with van der Waals surface area (Å²) < 4.78 is 30.4. The molecule has 2 N–H and O–H groups in total. The van der Waals surface area contributed by atoms with E-state index in [1.807, 2.05) is 4.90 Å². The molecule has 31 heavy (non-hydrogen) atoms. The van der Waals surface area contributed by atoms with Gasteiger partial charge in [-0.15, -0.1) is 11.5 Å². The van der Waals surface area contributed by atoms with Crippen molar-refractivity contribution in [1.82, 2.24) is 34.3 Å². The molecule has 1 fully saturated rings. The SMILES string of the molecule is C#Cc1nc2c3cnn(CCN4CCN(c5ccc(F)cc5F)CC4)c3nc(N)n2n1. The maximum absolute atomic E-state index is 14.0. The molecule has 1 aliphatic heterocycles. The lowest BCUT2D eigenvalue weighted by molar-refractivity contribution is 0.245. The van der Waals surface area contributed by atoms with Crippen LogP contribution in [0.5, 0.6) is 0 Å². The zero-order valence-corrected chi connectivity index (χ0v) is 16.5. The van der Waals surface area contributed by atoms with Crippen LogP contribution in [-0.4, -0.2) is 67.0 Å². The molecule has 158 valence electrons. The molecule has 0 atom stereocenters. The predicted molar refractivity (Wildman–Crippen MR) is 111 cm³/mol. The molecule has 4 aromatic rings. The predicted octanol–water partition coefficient (Wildman–Crippen LogP) is 1.14. The van der Waals surface area contributed by atoms with Gasteiger partial charge in [0, 0.05) is 38.8 Å². The van der Waals surface area contributed by atoms with Crippen molar-refractivity contribution in [3.63, 3.8) is 0 Å². The van der Waals surface area contributed by atoms with Crippen LogP contribution in [0.2, 0.25) is 0 Å². The number of aromatic nitrogens is 6. The topological polar surface area (TPSA) is 93.4 Å². The Balaban J connectivity index is 1.28. The minimum absolute atomic E-state index is 0.188. The summed E-state index contributed by atoms with van der Waals surface area (Å²) in [5.41, 5.74) is 7.60. The Morgan fingerprint density at radius 2 is 1.87 bits per heavy atom. The maximum Gasteiger partial charge on any atom is 0.226 e. The summed E-state index contributed by atoms with van der Waals surface area (Å²) in [6.07, 6.45) is 7.07. The molecule has 0 bridgehead atoms. The Bertz CT molecular complexity index is 1310. The number of hydrogen-bond donors (Lipinski definition) is 1. The third-order valence-corrected chi connectivity index (χ3v) is 5.48. The summed E-state index contributed by atoms with van der Waals surface area (Å²) >= 11 is 0. The van der Waals surface area contributed by atoms with E-state index in [9.17, 15) is 8.78 Å². The smallest absolute Gasteiger partial charge is 0.226 e. The van der Waals surface area contributed by atoms with Crippen LogP contribution in [0, 0.1) is 24.0 Å². The lowest BCUT2D eigenvalue weighted by atomic mass is 10.2. The number of nitrogens with zero attached hydrogens (tertiary/aromatic N) is 8. The van der Waals surface area contributed by atoms with Crippen LogP contribution in [-0.2, 0) is 6.54 Å². The van der Waals surface area contributed by atoms with Gasteiger partial charge < -0.3 is 10.6 Å². The van der Waals surface area contributed by atoms with Gasteiger partial charge in [0.05, 0.1) is 23.8 Å². The van der Waals surface area contributed by atoms with Gasteiger partial charge in [-0.1, -0.05) is 0 Å². The third-order valence-electron chi connectivity index (χ3n) is 5.48. The highest BCUT2D eigenvalue weighted by Crippen LogP contribution is 2.22. The number of nitrogen functional groups attached to an aromatic ring is 1. The fourth-order valence-corrected chi connectivity index (χ4v) is 3.87. The van der Waals surface area contributed by atoms with Crippen LogP contribution in [0.3, 0.4) is 0 Å². The zero-order chi connectivity index (χ0) is 21.5. The van der Waals surface area contributed by atoms with E-state index in [1.165, 1.54) is 16.6 Å². The molecule has 0 spiro atoms. The minimum Gasteiger partial charge on any atom is -0.368 e. The summed E-state index contributed by atoms with van der Waals surface area (Å²) in [4.78, 5) is 12.9. The first-order chi connectivity index (χ1) is 15.0. The maximum atomic E-state index is 14.0. The van der Waals surface area contributed by atoms with Crippen molar-refractivity contribution in [2.75, 3.05) is 43.4 Å². The first-order valence-corrected chi connectivity index (χ1v) is 9.80. The van der Waals surface area contributed by atoms with Gasteiger partial charge in [-0.3, -0.25) is 4.90 Å². The molecule has 11 heteroatoms.